The number of amides is 1. The third-order valence-electron chi connectivity index (χ3n) is 7.82. The van der Waals surface area contributed by atoms with Gasteiger partial charge in [0, 0.05) is 74.3 Å². The number of benzene rings is 2. The summed E-state index contributed by atoms with van der Waals surface area (Å²) in [5.74, 6) is 0.251. The molecule has 2 N–H and O–H groups in total. The number of aliphatic hydroxyl groups excluding tert-OH is 1. The zero-order valence-corrected chi connectivity index (χ0v) is 23.5. The number of pyridine rings is 1. The van der Waals surface area contributed by atoms with Crippen LogP contribution in [0.4, 0.5) is 5.69 Å². The second-order valence-electron chi connectivity index (χ2n) is 10.7. The highest BCUT2D eigenvalue weighted by Gasteiger charge is 2.38. The SMILES string of the molecule is CN1CCN(Cc2ccc(C(=O)Nc3ccc(CO)c(C4(c5nccc(-c6cccnc6)n5)C=CC=N4)c3)cc2)CC1. The van der Waals surface area contributed by atoms with Gasteiger partial charge in [-0.2, -0.15) is 0 Å². The first-order valence-electron chi connectivity index (χ1n) is 14.1. The van der Waals surface area contributed by atoms with Gasteiger partial charge in [-0.1, -0.05) is 18.2 Å². The molecule has 0 spiro atoms. The second kappa shape index (κ2) is 12.1. The van der Waals surface area contributed by atoms with Gasteiger partial charge in [0.05, 0.1) is 12.3 Å². The van der Waals surface area contributed by atoms with Crippen molar-refractivity contribution in [3.63, 3.8) is 0 Å². The van der Waals surface area contributed by atoms with Crippen LogP contribution in [0.15, 0.2) is 96.4 Å². The number of allylic oxidation sites excluding steroid dienone is 1. The molecule has 2 aromatic heterocycles. The van der Waals surface area contributed by atoms with Crippen molar-refractivity contribution < 1.29 is 9.90 Å². The minimum absolute atomic E-state index is 0.203. The van der Waals surface area contributed by atoms with Gasteiger partial charge in [0.15, 0.2) is 11.4 Å². The largest absolute Gasteiger partial charge is 0.392 e. The number of carbonyl (C=O) groups is 1. The Bertz CT molecular complexity index is 1600. The van der Waals surface area contributed by atoms with Crippen molar-refractivity contribution in [1.29, 1.82) is 0 Å². The molecular weight excluding hydrogens is 526 g/mol. The standard InChI is InChI=1S/C33H33N7O2/c1-39-16-18-40(19-17-39)22-24-5-7-25(8-6-24)31(42)37-28-10-9-27(23-41)29(20-28)33(12-3-14-36-33)32-35-15-11-30(38-32)26-4-2-13-34-21-26/h2-15,20-21,41H,16-19,22-23H2,1H3,(H,37,42). The highest BCUT2D eigenvalue weighted by molar-refractivity contribution is 6.04. The van der Waals surface area contributed by atoms with Crippen molar-refractivity contribution in [2.45, 2.75) is 18.7 Å². The van der Waals surface area contributed by atoms with E-state index in [2.05, 4.69) is 32.1 Å². The minimum atomic E-state index is -1.05. The summed E-state index contributed by atoms with van der Waals surface area (Å²) in [7, 11) is 2.15. The zero-order valence-electron chi connectivity index (χ0n) is 23.5. The summed E-state index contributed by atoms with van der Waals surface area (Å²) in [6, 6.07) is 18.8. The van der Waals surface area contributed by atoms with Gasteiger partial charge in [0.1, 0.15) is 0 Å². The van der Waals surface area contributed by atoms with Gasteiger partial charge >= 0.3 is 0 Å². The van der Waals surface area contributed by atoms with E-state index in [0.717, 1.165) is 38.3 Å². The molecule has 2 aliphatic rings. The molecule has 0 radical (unpaired) electrons. The zero-order chi connectivity index (χ0) is 28.9. The number of likely N-dealkylation sites (N-methyl/N-ethyl adjacent to an activating group) is 1. The number of aliphatic hydroxyl groups is 1. The highest BCUT2D eigenvalue weighted by atomic mass is 16.3. The number of rotatable bonds is 8. The summed E-state index contributed by atoms with van der Waals surface area (Å²) >= 11 is 0. The molecule has 2 aromatic carbocycles. The van der Waals surface area contributed by atoms with Crippen LogP contribution in [0, 0.1) is 0 Å². The minimum Gasteiger partial charge on any atom is -0.392 e. The molecule has 9 heteroatoms. The first-order valence-corrected chi connectivity index (χ1v) is 14.1. The van der Waals surface area contributed by atoms with Crippen LogP contribution in [0.25, 0.3) is 11.3 Å². The van der Waals surface area contributed by atoms with Gasteiger partial charge in [-0.05, 0) is 78.4 Å². The number of nitrogens with one attached hydrogen (secondary N) is 1. The molecule has 1 unspecified atom stereocenters. The summed E-state index contributed by atoms with van der Waals surface area (Å²) in [6.07, 6.45) is 10.6. The molecule has 1 saturated heterocycles. The molecule has 1 atom stereocenters. The maximum absolute atomic E-state index is 13.2. The van der Waals surface area contributed by atoms with Crippen molar-refractivity contribution in [2.24, 2.45) is 4.99 Å². The normalized spacial score (nSPS) is 18.8. The maximum Gasteiger partial charge on any atom is 0.255 e. The summed E-state index contributed by atoms with van der Waals surface area (Å²) in [6.45, 7) is 4.91. The van der Waals surface area contributed by atoms with Crippen molar-refractivity contribution in [2.75, 3.05) is 38.5 Å². The van der Waals surface area contributed by atoms with Crippen LogP contribution >= 0.6 is 0 Å². The Morgan fingerprint density at radius 2 is 1.86 bits per heavy atom. The molecule has 0 saturated carbocycles. The van der Waals surface area contributed by atoms with Crippen LogP contribution in [-0.2, 0) is 18.7 Å². The van der Waals surface area contributed by atoms with Crippen LogP contribution < -0.4 is 5.32 Å². The Balaban J connectivity index is 1.25. The molecule has 0 bridgehead atoms. The number of hydrogen-bond acceptors (Lipinski definition) is 8. The van der Waals surface area contributed by atoms with Crippen molar-refractivity contribution >= 4 is 17.8 Å². The Morgan fingerprint density at radius 3 is 2.57 bits per heavy atom. The highest BCUT2D eigenvalue weighted by Crippen LogP contribution is 2.39. The molecule has 9 nitrogen and oxygen atoms in total. The predicted molar refractivity (Wildman–Crippen MR) is 163 cm³/mol. The van der Waals surface area contributed by atoms with E-state index in [1.54, 1.807) is 36.9 Å². The van der Waals surface area contributed by atoms with E-state index >= 15 is 0 Å². The van der Waals surface area contributed by atoms with Gasteiger partial charge < -0.3 is 15.3 Å². The maximum atomic E-state index is 13.2. The lowest BCUT2D eigenvalue weighted by atomic mass is 9.86. The van der Waals surface area contributed by atoms with E-state index in [1.165, 1.54) is 5.56 Å². The van der Waals surface area contributed by atoms with E-state index in [4.69, 9.17) is 9.98 Å². The summed E-state index contributed by atoms with van der Waals surface area (Å²) in [5.41, 5.74) is 4.24. The van der Waals surface area contributed by atoms with E-state index < -0.39 is 5.54 Å². The predicted octanol–water partition coefficient (Wildman–Crippen LogP) is 3.91. The molecule has 0 aliphatic carbocycles. The molecule has 2 aliphatic heterocycles. The summed E-state index contributed by atoms with van der Waals surface area (Å²) in [5, 5.41) is 13.3. The third kappa shape index (κ3) is 5.75. The monoisotopic (exact) mass is 559 g/mol. The number of aromatic nitrogens is 3. The smallest absolute Gasteiger partial charge is 0.255 e. The molecule has 212 valence electrons. The number of aliphatic imine (C=N–C) groups is 1. The van der Waals surface area contributed by atoms with Crippen molar-refractivity contribution in [3.05, 3.63) is 119 Å². The van der Waals surface area contributed by atoms with Gasteiger partial charge in [0.2, 0.25) is 0 Å². The van der Waals surface area contributed by atoms with Gasteiger partial charge in [-0.3, -0.25) is 19.7 Å². The van der Waals surface area contributed by atoms with E-state index in [9.17, 15) is 9.90 Å². The Hall–Kier alpha value is -4.57. The lowest BCUT2D eigenvalue weighted by molar-refractivity contribution is 0.102. The summed E-state index contributed by atoms with van der Waals surface area (Å²) in [4.78, 5) is 36.4. The first kappa shape index (κ1) is 27.6. The fourth-order valence-corrected chi connectivity index (χ4v) is 5.39. The van der Waals surface area contributed by atoms with E-state index in [-0.39, 0.29) is 12.5 Å². The molecule has 4 aromatic rings. The van der Waals surface area contributed by atoms with Gasteiger partial charge in [0.25, 0.3) is 5.91 Å². The van der Waals surface area contributed by atoms with Crippen LogP contribution in [0.1, 0.15) is 32.9 Å². The van der Waals surface area contributed by atoms with E-state index in [0.29, 0.717) is 33.9 Å². The Kier molecular flexibility index (Phi) is 7.96. The number of hydrogen-bond donors (Lipinski definition) is 2. The molecule has 1 amide bonds. The number of nitrogens with zero attached hydrogens (tertiary/aromatic N) is 6. The van der Waals surface area contributed by atoms with Crippen LogP contribution in [0.3, 0.4) is 0 Å². The van der Waals surface area contributed by atoms with Crippen LogP contribution in [0.2, 0.25) is 0 Å². The average molecular weight is 560 g/mol. The lowest BCUT2D eigenvalue weighted by Crippen LogP contribution is -2.43. The van der Waals surface area contributed by atoms with Crippen molar-refractivity contribution in [1.82, 2.24) is 24.8 Å². The van der Waals surface area contributed by atoms with Crippen LogP contribution in [-0.4, -0.2) is 75.2 Å². The number of piperazine rings is 1. The molecule has 6 rings (SSSR count). The van der Waals surface area contributed by atoms with Crippen molar-refractivity contribution in [3.8, 4) is 11.3 Å². The molecule has 42 heavy (non-hydrogen) atoms. The molecule has 1 fully saturated rings. The summed E-state index contributed by atoms with van der Waals surface area (Å²) < 4.78 is 0. The van der Waals surface area contributed by atoms with E-state index in [1.807, 2.05) is 60.7 Å². The molecular formula is C33H33N7O2. The Labute approximate surface area is 245 Å². The van der Waals surface area contributed by atoms with Gasteiger partial charge in [-0.15, -0.1) is 0 Å². The number of anilines is 1. The third-order valence-corrected chi connectivity index (χ3v) is 7.82. The first-order chi connectivity index (χ1) is 20.5. The topological polar surface area (TPSA) is 107 Å². The Morgan fingerprint density at radius 1 is 1.02 bits per heavy atom. The quantitative estimate of drug-likeness (QED) is 0.337. The second-order valence-corrected chi connectivity index (χ2v) is 10.7. The fourth-order valence-electron chi connectivity index (χ4n) is 5.39. The number of carbonyl (C=O) groups excluding carboxylic acids is 1. The van der Waals surface area contributed by atoms with Crippen LogP contribution in [0.5, 0.6) is 0 Å². The van der Waals surface area contributed by atoms with Gasteiger partial charge in [-0.25, -0.2) is 9.97 Å². The molecule has 4 heterocycles. The average Bonchev–Trinajstić information content (AvgIpc) is 3.54. The lowest BCUT2D eigenvalue weighted by Gasteiger charge is -2.32. The fraction of sp³-hybridized carbons (Fsp3) is 0.242.